The van der Waals surface area contributed by atoms with Gasteiger partial charge in [0.25, 0.3) is 0 Å². The summed E-state index contributed by atoms with van der Waals surface area (Å²) in [5.74, 6) is -1.28. The van der Waals surface area contributed by atoms with Crippen LogP contribution in [0.4, 0.5) is 8.78 Å². The Morgan fingerprint density at radius 1 is 1.05 bits per heavy atom. The molecule has 0 bridgehead atoms. The number of aliphatic hydroxyl groups is 1. The van der Waals surface area contributed by atoms with Crippen LogP contribution in [0.3, 0.4) is 0 Å². The first-order valence-electron chi connectivity index (χ1n) is 6.61. The van der Waals surface area contributed by atoms with E-state index in [1.165, 1.54) is 12.1 Å². The van der Waals surface area contributed by atoms with Crippen LogP contribution < -0.4 is 0 Å². The van der Waals surface area contributed by atoms with Crippen molar-refractivity contribution in [2.75, 3.05) is 0 Å². The smallest absolute Gasteiger partial charge is 0.129 e. The number of halogens is 2. The highest BCUT2D eigenvalue weighted by atomic mass is 19.1. The van der Waals surface area contributed by atoms with Gasteiger partial charge in [-0.1, -0.05) is 30.3 Å². The van der Waals surface area contributed by atoms with Gasteiger partial charge in [0, 0.05) is 29.6 Å². The highest BCUT2D eigenvalue weighted by Crippen LogP contribution is 2.26. The number of aliphatic hydroxyl groups excluding tert-OH is 1. The molecular formula is C17H13F2NO. The van der Waals surface area contributed by atoms with E-state index in [0.29, 0.717) is 11.1 Å². The van der Waals surface area contributed by atoms with Crippen LogP contribution in [0, 0.1) is 11.6 Å². The minimum atomic E-state index is -0.899. The van der Waals surface area contributed by atoms with Gasteiger partial charge in [-0.05, 0) is 17.7 Å². The Balaban J connectivity index is 1.95. The van der Waals surface area contributed by atoms with Gasteiger partial charge in [0.05, 0.1) is 11.6 Å². The summed E-state index contributed by atoms with van der Waals surface area (Å²) in [5.41, 5.74) is 1.60. The van der Waals surface area contributed by atoms with Gasteiger partial charge in [-0.25, -0.2) is 8.78 Å². The molecule has 0 aliphatic carbocycles. The van der Waals surface area contributed by atoms with E-state index in [1.54, 1.807) is 12.3 Å². The molecule has 0 spiro atoms. The zero-order chi connectivity index (χ0) is 14.8. The van der Waals surface area contributed by atoms with Crippen molar-refractivity contribution >= 4 is 10.9 Å². The molecule has 1 unspecified atom stereocenters. The Labute approximate surface area is 120 Å². The number of hydrogen-bond acceptors (Lipinski definition) is 2. The Morgan fingerprint density at radius 3 is 2.67 bits per heavy atom. The van der Waals surface area contributed by atoms with E-state index in [0.717, 1.165) is 11.5 Å². The normalized spacial score (nSPS) is 12.5. The number of hydrogen-bond donors (Lipinski definition) is 1. The molecule has 0 aliphatic heterocycles. The van der Waals surface area contributed by atoms with E-state index in [1.807, 2.05) is 24.3 Å². The monoisotopic (exact) mass is 285 g/mol. The van der Waals surface area contributed by atoms with Crippen LogP contribution in [0.1, 0.15) is 17.2 Å². The number of fused-ring (bicyclic) bond motifs is 1. The van der Waals surface area contributed by atoms with Crippen molar-refractivity contribution in [2.24, 2.45) is 0 Å². The second kappa shape index (κ2) is 5.58. The zero-order valence-electron chi connectivity index (χ0n) is 11.1. The highest BCUT2D eigenvalue weighted by molar-refractivity contribution is 5.81. The van der Waals surface area contributed by atoms with Gasteiger partial charge in [0.1, 0.15) is 11.6 Å². The van der Waals surface area contributed by atoms with Crippen LogP contribution in [-0.4, -0.2) is 10.1 Å². The first-order chi connectivity index (χ1) is 10.1. The quantitative estimate of drug-likeness (QED) is 0.794. The largest absolute Gasteiger partial charge is 0.388 e. The third kappa shape index (κ3) is 2.76. The van der Waals surface area contributed by atoms with E-state index in [2.05, 4.69) is 4.98 Å². The zero-order valence-corrected chi connectivity index (χ0v) is 11.1. The summed E-state index contributed by atoms with van der Waals surface area (Å²) in [4.78, 5) is 4.27. The number of nitrogens with zero attached hydrogens (tertiary/aromatic N) is 1. The van der Waals surface area contributed by atoms with Crippen LogP contribution in [0.15, 0.2) is 54.7 Å². The van der Waals surface area contributed by atoms with Gasteiger partial charge in [-0.2, -0.15) is 0 Å². The summed E-state index contributed by atoms with van der Waals surface area (Å²) in [6, 6.07) is 12.6. The predicted molar refractivity (Wildman–Crippen MR) is 76.8 cm³/mol. The molecule has 3 rings (SSSR count). The fourth-order valence-electron chi connectivity index (χ4n) is 2.40. The molecular weight excluding hydrogens is 272 g/mol. The lowest BCUT2D eigenvalue weighted by Gasteiger charge is -2.13. The standard InChI is InChI=1S/C17H13F2NO/c18-13-7-6-12(15(19)10-13)9-16(21)14-5-1-3-11-4-2-8-20-17(11)14/h1-8,10,16,21H,9H2. The fourth-order valence-corrected chi connectivity index (χ4v) is 2.40. The Morgan fingerprint density at radius 2 is 1.86 bits per heavy atom. The van der Waals surface area contributed by atoms with Crippen molar-refractivity contribution in [3.8, 4) is 0 Å². The Hall–Kier alpha value is -2.33. The number of benzene rings is 2. The number of pyridine rings is 1. The van der Waals surface area contributed by atoms with E-state index < -0.39 is 17.7 Å². The first kappa shape index (κ1) is 13.6. The van der Waals surface area contributed by atoms with E-state index in [9.17, 15) is 13.9 Å². The average Bonchev–Trinajstić information content (AvgIpc) is 2.49. The minimum Gasteiger partial charge on any atom is -0.388 e. The summed E-state index contributed by atoms with van der Waals surface area (Å²) in [6.07, 6.45) is 0.822. The lowest BCUT2D eigenvalue weighted by molar-refractivity contribution is 0.178. The van der Waals surface area contributed by atoms with E-state index in [-0.39, 0.29) is 12.0 Å². The maximum atomic E-state index is 13.7. The molecule has 3 aromatic rings. The van der Waals surface area contributed by atoms with E-state index in [4.69, 9.17) is 0 Å². The molecule has 1 heterocycles. The summed E-state index contributed by atoms with van der Waals surface area (Å²) in [7, 11) is 0. The van der Waals surface area contributed by atoms with Crippen molar-refractivity contribution in [1.29, 1.82) is 0 Å². The molecule has 106 valence electrons. The molecule has 21 heavy (non-hydrogen) atoms. The molecule has 1 atom stereocenters. The molecule has 2 aromatic carbocycles. The molecule has 0 aliphatic rings. The van der Waals surface area contributed by atoms with Crippen molar-refractivity contribution < 1.29 is 13.9 Å². The molecule has 0 radical (unpaired) electrons. The summed E-state index contributed by atoms with van der Waals surface area (Å²) in [5, 5.41) is 11.3. The Kier molecular flexibility index (Phi) is 3.62. The van der Waals surface area contributed by atoms with Gasteiger partial charge in [0.2, 0.25) is 0 Å². The van der Waals surface area contributed by atoms with Crippen LogP contribution >= 0.6 is 0 Å². The van der Waals surface area contributed by atoms with Crippen molar-refractivity contribution in [2.45, 2.75) is 12.5 Å². The lowest BCUT2D eigenvalue weighted by Crippen LogP contribution is -2.05. The maximum absolute atomic E-state index is 13.7. The molecule has 0 amide bonds. The van der Waals surface area contributed by atoms with Gasteiger partial charge in [0.15, 0.2) is 0 Å². The maximum Gasteiger partial charge on any atom is 0.129 e. The first-order valence-corrected chi connectivity index (χ1v) is 6.61. The van der Waals surface area contributed by atoms with Gasteiger partial charge in [-0.3, -0.25) is 4.98 Å². The SMILES string of the molecule is OC(Cc1ccc(F)cc1F)c1cccc2cccnc12. The van der Waals surface area contributed by atoms with Crippen LogP contribution in [0.25, 0.3) is 10.9 Å². The van der Waals surface area contributed by atoms with Crippen LogP contribution in [0.5, 0.6) is 0 Å². The Bertz CT molecular complexity index is 783. The average molecular weight is 285 g/mol. The second-order valence-electron chi connectivity index (χ2n) is 4.88. The van der Waals surface area contributed by atoms with E-state index >= 15 is 0 Å². The minimum absolute atomic E-state index is 0.0712. The number of aromatic nitrogens is 1. The fraction of sp³-hybridized carbons (Fsp3) is 0.118. The number of para-hydroxylation sites is 1. The molecule has 2 nitrogen and oxygen atoms in total. The third-order valence-electron chi connectivity index (χ3n) is 3.45. The summed E-state index contributed by atoms with van der Waals surface area (Å²) >= 11 is 0. The molecule has 0 saturated heterocycles. The van der Waals surface area contributed by atoms with Crippen LogP contribution in [0.2, 0.25) is 0 Å². The van der Waals surface area contributed by atoms with Gasteiger partial charge < -0.3 is 5.11 Å². The van der Waals surface area contributed by atoms with Gasteiger partial charge >= 0.3 is 0 Å². The van der Waals surface area contributed by atoms with Crippen molar-refractivity contribution in [3.05, 3.63) is 77.5 Å². The molecule has 0 fully saturated rings. The van der Waals surface area contributed by atoms with Crippen LogP contribution in [-0.2, 0) is 6.42 Å². The molecule has 1 N–H and O–H groups in total. The molecule has 4 heteroatoms. The second-order valence-corrected chi connectivity index (χ2v) is 4.88. The third-order valence-corrected chi connectivity index (χ3v) is 3.45. The summed E-state index contributed by atoms with van der Waals surface area (Å²) in [6.45, 7) is 0. The van der Waals surface area contributed by atoms with Gasteiger partial charge in [-0.15, -0.1) is 0 Å². The lowest BCUT2D eigenvalue weighted by atomic mass is 9.98. The summed E-state index contributed by atoms with van der Waals surface area (Å²) < 4.78 is 26.6. The highest BCUT2D eigenvalue weighted by Gasteiger charge is 2.15. The predicted octanol–water partition coefficient (Wildman–Crippen LogP) is 3.79. The molecule has 0 saturated carbocycles. The topological polar surface area (TPSA) is 33.1 Å². The molecule has 1 aromatic heterocycles. The number of rotatable bonds is 3. The van der Waals surface area contributed by atoms with Crippen molar-refractivity contribution in [3.63, 3.8) is 0 Å². The van der Waals surface area contributed by atoms with Crippen molar-refractivity contribution in [1.82, 2.24) is 4.98 Å².